The minimum Gasteiger partial charge on any atom is -0.496 e. The third kappa shape index (κ3) is 4.44. The highest BCUT2D eigenvalue weighted by atomic mass is 19.1. The van der Waals surface area contributed by atoms with E-state index in [2.05, 4.69) is 20.6 Å². The largest absolute Gasteiger partial charge is 0.496 e. The maximum Gasteiger partial charge on any atom is 0.224 e. The van der Waals surface area contributed by atoms with E-state index in [1.807, 2.05) is 24.3 Å². The van der Waals surface area contributed by atoms with E-state index < -0.39 is 0 Å². The summed E-state index contributed by atoms with van der Waals surface area (Å²) < 4.78 is 19.0. The molecule has 128 valence electrons. The summed E-state index contributed by atoms with van der Waals surface area (Å²) >= 11 is 0. The van der Waals surface area contributed by atoms with Crippen molar-refractivity contribution in [3.05, 3.63) is 77.7 Å². The van der Waals surface area contributed by atoms with Crippen LogP contribution in [0.15, 0.2) is 60.8 Å². The van der Waals surface area contributed by atoms with Gasteiger partial charge in [-0.15, -0.1) is 0 Å². The number of halogens is 1. The Morgan fingerprint density at radius 3 is 2.44 bits per heavy atom. The minimum absolute atomic E-state index is 0.250. The van der Waals surface area contributed by atoms with E-state index in [0.717, 1.165) is 11.3 Å². The second-order valence-corrected chi connectivity index (χ2v) is 5.38. The zero-order valence-corrected chi connectivity index (χ0v) is 13.9. The van der Waals surface area contributed by atoms with Crippen LogP contribution in [0.5, 0.6) is 5.75 Å². The molecule has 5 nitrogen and oxygen atoms in total. The Kier molecular flexibility index (Phi) is 5.41. The summed E-state index contributed by atoms with van der Waals surface area (Å²) in [7, 11) is 1.65. The zero-order valence-electron chi connectivity index (χ0n) is 13.9. The van der Waals surface area contributed by atoms with Gasteiger partial charge in [0.1, 0.15) is 17.4 Å². The van der Waals surface area contributed by atoms with Crippen molar-refractivity contribution < 1.29 is 9.13 Å². The van der Waals surface area contributed by atoms with Gasteiger partial charge in [0.25, 0.3) is 0 Å². The van der Waals surface area contributed by atoms with Crippen LogP contribution in [0, 0.1) is 5.82 Å². The van der Waals surface area contributed by atoms with Gasteiger partial charge in [-0.1, -0.05) is 36.4 Å². The Balaban J connectivity index is 1.62. The topological polar surface area (TPSA) is 59.1 Å². The molecular weight excluding hydrogens is 319 g/mol. The van der Waals surface area contributed by atoms with Crippen molar-refractivity contribution in [3.63, 3.8) is 0 Å². The van der Waals surface area contributed by atoms with E-state index in [4.69, 9.17) is 4.74 Å². The number of nitrogens with one attached hydrogen (secondary N) is 2. The Labute approximate surface area is 145 Å². The van der Waals surface area contributed by atoms with Crippen molar-refractivity contribution in [1.29, 1.82) is 0 Å². The SMILES string of the molecule is COc1ccccc1CNc1ccnc(NCc2ccccc2F)n1. The quantitative estimate of drug-likeness (QED) is 0.685. The van der Waals surface area contributed by atoms with Crippen LogP contribution in [0.25, 0.3) is 0 Å². The molecule has 0 aliphatic carbocycles. The van der Waals surface area contributed by atoms with Crippen LogP contribution in [0.1, 0.15) is 11.1 Å². The van der Waals surface area contributed by atoms with Crippen molar-refractivity contribution in [2.45, 2.75) is 13.1 Å². The third-order valence-corrected chi connectivity index (χ3v) is 3.70. The van der Waals surface area contributed by atoms with Crippen LogP contribution >= 0.6 is 0 Å². The summed E-state index contributed by atoms with van der Waals surface area (Å²) in [6.07, 6.45) is 1.65. The number of hydrogen-bond acceptors (Lipinski definition) is 5. The van der Waals surface area contributed by atoms with Crippen LogP contribution in [-0.2, 0) is 13.1 Å². The molecule has 0 bridgehead atoms. The van der Waals surface area contributed by atoms with Gasteiger partial charge >= 0.3 is 0 Å². The molecule has 0 spiro atoms. The van der Waals surface area contributed by atoms with Crippen LogP contribution < -0.4 is 15.4 Å². The summed E-state index contributed by atoms with van der Waals surface area (Å²) in [6, 6.07) is 16.2. The van der Waals surface area contributed by atoms with Crippen molar-refractivity contribution in [2.24, 2.45) is 0 Å². The smallest absolute Gasteiger partial charge is 0.224 e. The highest BCUT2D eigenvalue weighted by Gasteiger charge is 2.05. The number of rotatable bonds is 7. The molecular formula is C19H19FN4O. The van der Waals surface area contributed by atoms with Crippen molar-refractivity contribution in [1.82, 2.24) is 9.97 Å². The third-order valence-electron chi connectivity index (χ3n) is 3.70. The fourth-order valence-corrected chi connectivity index (χ4v) is 2.39. The van der Waals surface area contributed by atoms with Crippen molar-refractivity contribution in [2.75, 3.05) is 17.7 Å². The highest BCUT2D eigenvalue weighted by molar-refractivity contribution is 5.42. The molecule has 0 amide bonds. The number of para-hydroxylation sites is 1. The minimum atomic E-state index is -0.250. The van der Waals surface area contributed by atoms with Gasteiger partial charge in [0, 0.05) is 30.4 Å². The average Bonchev–Trinajstić information content (AvgIpc) is 2.66. The molecule has 0 radical (unpaired) electrons. The lowest BCUT2D eigenvalue weighted by Gasteiger charge is -2.11. The molecule has 0 unspecified atom stereocenters. The normalized spacial score (nSPS) is 10.3. The fraction of sp³-hybridized carbons (Fsp3) is 0.158. The van der Waals surface area contributed by atoms with E-state index in [1.165, 1.54) is 6.07 Å². The Bertz CT molecular complexity index is 841. The molecule has 0 aliphatic heterocycles. The fourth-order valence-electron chi connectivity index (χ4n) is 2.39. The van der Waals surface area contributed by atoms with Crippen LogP contribution in [-0.4, -0.2) is 17.1 Å². The number of benzene rings is 2. The Morgan fingerprint density at radius 2 is 1.64 bits per heavy atom. The molecule has 25 heavy (non-hydrogen) atoms. The molecule has 3 rings (SSSR count). The lowest BCUT2D eigenvalue weighted by Crippen LogP contribution is -2.08. The second-order valence-electron chi connectivity index (χ2n) is 5.38. The molecule has 3 aromatic rings. The first-order chi connectivity index (χ1) is 12.3. The van der Waals surface area contributed by atoms with Crippen LogP contribution in [0.4, 0.5) is 16.2 Å². The first kappa shape index (κ1) is 16.7. The first-order valence-corrected chi connectivity index (χ1v) is 7.92. The molecule has 0 atom stereocenters. The standard InChI is InChI=1S/C19H19FN4O/c1-25-17-9-5-3-7-15(17)13-22-18-10-11-21-19(24-18)23-12-14-6-2-4-8-16(14)20/h2-11H,12-13H2,1H3,(H2,21,22,23,24). The molecule has 0 saturated heterocycles. The van der Waals surface area contributed by atoms with Gasteiger partial charge in [0.15, 0.2) is 0 Å². The highest BCUT2D eigenvalue weighted by Crippen LogP contribution is 2.18. The van der Waals surface area contributed by atoms with E-state index in [-0.39, 0.29) is 5.82 Å². The summed E-state index contributed by atoms with van der Waals surface area (Å²) in [5.41, 5.74) is 1.60. The average molecular weight is 338 g/mol. The predicted octanol–water partition coefficient (Wildman–Crippen LogP) is 3.85. The van der Waals surface area contributed by atoms with Gasteiger partial charge in [0.05, 0.1) is 7.11 Å². The summed E-state index contributed by atoms with van der Waals surface area (Å²) in [5.74, 6) is 1.69. The summed E-state index contributed by atoms with van der Waals surface area (Å²) in [5, 5.41) is 6.28. The van der Waals surface area contributed by atoms with Crippen LogP contribution in [0.2, 0.25) is 0 Å². The molecule has 0 saturated carbocycles. The van der Waals surface area contributed by atoms with E-state index in [9.17, 15) is 4.39 Å². The lowest BCUT2D eigenvalue weighted by atomic mass is 10.2. The van der Waals surface area contributed by atoms with Gasteiger partial charge in [-0.05, 0) is 18.2 Å². The zero-order chi connectivity index (χ0) is 17.5. The molecule has 2 N–H and O–H groups in total. The van der Waals surface area contributed by atoms with E-state index in [0.29, 0.717) is 30.4 Å². The van der Waals surface area contributed by atoms with Gasteiger partial charge < -0.3 is 15.4 Å². The van der Waals surface area contributed by atoms with Gasteiger partial charge in [-0.2, -0.15) is 4.98 Å². The molecule has 6 heteroatoms. The van der Waals surface area contributed by atoms with E-state index >= 15 is 0 Å². The van der Waals surface area contributed by atoms with Gasteiger partial charge in [0.2, 0.25) is 5.95 Å². The van der Waals surface area contributed by atoms with Crippen molar-refractivity contribution >= 4 is 11.8 Å². The first-order valence-electron chi connectivity index (χ1n) is 7.92. The van der Waals surface area contributed by atoms with Gasteiger partial charge in [-0.3, -0.25) is 0 Å². The number of aromatic nitrogens is 2. The number of anilines is 2. The predicted molar refractivity (Wildman–Crippen MR) is 96.1 cm³/mol. The molecule has 1 heterocycles. The second kappa shape index (κ2) is 8.10. The lowest BCUT2D eigenvalue weighted by molar-refractivity contribution is 0.410. The van der Waals surface area contributed by atoms with Crippen LogP contribution in [0.3, 0.4) is 0 Å². The number of methoxy groups -OCH3 is 1. The number of hydrogen-bond donors (Lipinski definition) is 2. The number of nitrogens with zero attached hydrogens (tertiary/aromatic N) is 2. The Morgan fingerprint density at radius 1 is 0.920 bits per heavy atom. The monoisotopic (exact) mass is 338 g/mol. The maximum atomic E-state index is 13.6. The van der Waals surface area contributed by atoms with Crippen molar-refractivity contribution in [3.8, 4) is 5.75 Å². The summed E-state index contributed by atoms with van der Waals surface area (Å²) in [6.45, 7) is 0.899. The molecule has 1 aromatic heterocycles. The maximum absolute atomic E-state index is 13.6. The van der Waals surface area contributed by atoms with Gasteiger partial charge in [-0.25, -0.2) is 9.37 Å². The van der Waals surface area contributed by atoms with E-state index in [1.54, 1.807) is 37.6 Å². The molecule has 2 aromatic carbocycles. The summed E-state index contributed by atoms with van der Waals surface area (Å²) in [4.78, 5) is 8.55. The molecule has 0 aliphatic rings. The Hall–Kier alpha value is -3.15. The molecule has 0 fully saturated rings. The number of ether oxygens (including phenoxy) is 1.